The zero-order valence-electron chi connectivity index (χ0n) is 7.03. The number of nitrogens with zero attached hydrogens (tertiary/aromatic N) is 2. The molecule has 1 aliphatic rings. The summed E-state index contributed by atoms with van der Waals surface area (Å²) in [6.45, 7) is 1.75. The van der Waals surface area contributed by atoms with Gasteiger partial charge in [-0.25, -0.2) is 9.97 Å². The van der Waals surface area contributed by atoms with Gasteiger partial charge in [-0.2, -0.15) is 0 Å². The van der Waals surface area contributed by atoms with Crippen LogP contribution in [0.1, 0.15) is 6.92 Å². The van der Waals surface area contributed by atoms with Crippen LogP contribution in [0.4, 0.5) is 17.3 Å². The molecule has 0 fully saturated rings. The molecule has 4 N–H and O–H groups in total. The number of nitrogens with two attached hydrogens (primary N) is 1. The second-order valence-corrected chi connectivity index (χ2v) is 2.84. The predicted octanol–water partition coefficient (Wildman–Crippen LogP) is -0.189. The van der Waals surface area contributed by atoms with Crippen molar-refractivity contribution in [3.8, 4) is 0 Å². The Morgan fingerprint density at radius 3 is 3.08 bits per heavy atom. The minimum atomic E-state index is -0.290. The van der Waals surface area contributed by atoms with Crippen molar-refractivity contribution in [3.05, 3.63) is 6.33 Å². The number of nitrogen functional groups attached to an aromatic ring is 1. The Hall–Kier alpha value is -1.85. The van der Waals surface area contributed by atoms with E-state index in [9.17, 15) is 4.79 Å². The average Bonchev–Trinajstić information content (AvgIpc) is 2.09. The number of nitrogens with one attached hydrogen (secondary N) is 2. The third kappa shape index (κ3) is 1.16. The summed E-state index contributed by atoms with van der Waals surface area (Å²) in [7, 11) is 0. The monoisotopic (exact) mass is 179 g/mol. The predicted molar refractivity (Wildman–Crippen MR) is 48.2 cm³/mol. The molecule has 6 nitrogen and oxygen atoms in total. The van der Waals surface area contributed by atoms with Gasteiger partial charge in [0.1, 0.15) is 18.1 Å². The molecular weight excluding hydrogens is 170 g/mol. The standard InChI is InChI=1S/C7H9N5O/c1-3-7(13)12-4-5(8)9-2-10-6(4)11-3/h2-3H,1H3,(H,12,13)(H3,8,9,10,11). The number of anilines is 3. The maximum absolute atomic E-state index is 11.2. The maximum Gasteiger partial charge on any atom is 0.246 e. The fourth-order valence-electron chi connectivity index (χ4n) is 1.13. The van der Waals surface area contributed by atoms with Crippen molar-refractivity contribution in [1.82, 2.24) is 9.97 Å². The van der Waals surface area contributed by atoms with Gasteiger partial charge in [-0.3, -0.25) is 4.79 Å². The third-order valence-electron chi connectivity index (χ3n) is 1.87. The number of hydrogen-bond acceptors (Lipinski definition) is 5. The average molecular weight is 179 g/mol. The van der Waals surface area contributed by atoms with Gasteiger partial charge in [0.2, 0.25) is 5.91 Å². The number of carbonyl (C=O) groups excluding carboxylic acids is 1. The van der Waals surface area contributed by atoms with Gasteiger partial charge in [0.05, 0.1) is 0 Å². The topological polar surface area (TPSA) is 92.9 Å². The van der Waals surface area contributed by atoms with Crippen molar-refractivity contribution in [1.29, 1.82) is 0 Å². The van der Waals surface area contributed by atoms with Gasteiger partial charge < -0.3 is 16.4 Å². The van der Waals surface area contributed by atoms with Gasteiger partial charge in [0, 0.05) is 0 Å². The van der Waals surface area contributed by atoms with Gasteiger partial charge in [-0.05, 0) is 6.92 Å². The second-order valence-electron chi connectivity index (χ2n) is 2.84. The molecule has 1 atom stereocenters. The molecule has 1 unspecified atom stereocenters. The molecule has 1 aromatic rings. The lowest BCUT2D eigenvalue weighted by Crippen LogP contribution is -2.37. The van der Waals surface area contributed by atoms with Crippen LogP contribution in [0.25, 0.3) is 0 Å². The summed E-state index contributed by atoms with van der Waals surface area (Å²) in [4.78, 5) is 18.9. The van der Waals surface area contributed by atoms with Crippen LogP contribution in [0.5, 0.6) is 0 Å². The van der Waals surface area contributed by atoms with E-state index < -0.39 is 0 Å². The largest absolute Gasteiger partial charge is 0.382 e. The lowest BCUT2D eigenvalue weighted by atomic mass is 10.2. The van der Waals surface area contributed by atoms with Gasteiger partial charge in [0.25, 0.3) is 0 Å². The highest BCUT2D eigenvalue weighted by atomic mass is 16.2. The SMILES string of the molecule is CC1Nc2ncnc(N)c2NC1=O. The van der Waals surface area contributed by atoms with E-state index in [1.165, 1.54) is 6.33 Å². The van der Waals surface area contributed by atoms with Crippen LogP contribution in [-0.4, -0.2) is 21.9 Å². The molecule has 0 spiro atoms. The molecule has 0 bridgehead atoms. The summed E-state index contributed by atoms with van der Waals surface area (Å²) in [6.07, 6.45) is 1.35. The van der Waals surface area contributed by atoms with Crippen molar-refractivity contribution in [2.75, 3.05) is 16.4 Å². The van der Waals surface area contributed by atoms with Crippen LogP contribution in [-0.2, 0) is 4.79 Å². The number of hydrogen-bond donors (Lipinski definition) is 3. The molecule has 1 aromatic heterocycles. The van der Waals surface area contributed by atoms with Crippen molar-refractivity contribution in [2.24, 2.45) is 0 Å². The first kappa shape index (κ1) is 7.78. The number of rotatable bonds is 0. The molecule has 13 heavy (non-hydrogen) atoms. The summed E-state index contributed by atoms with van der Waals surface area (Å²) in [5.74, 6) is 0.714. The lowest BCUT2D eigenvalue weighted by molar-refractivity contribution is -0.116. The van der Waals surface area contributed by atoms with Crippen LogP contribution in [0.15, 0.2) is 6.33 Å². The van der Waals surface area contributed by atoms with E-state index in [-0.39, 0.29) is 17.8 Å². The van der Waals surface area contributed by atoms with E-state index in [0.29, 0.717) is 11.5 Å². The molecule has 0 radical (unpaired) electrons. The first-order valence-electron chi connectivity index (χ1n) is 3.86. The summed E-state index contributed by atoms with van der Waals surface area (Å²) < 4.78 is 0. The fraction of sp³-hybridized carbons (Fsp3) is 0.286. The first-order valence-corrected chi connectivity index (χ1v) is 3.86. The van der Waals surface area contributed by atoms with Crippen LogP contribution in [0.3, 0.4) is 0 Å². The van der Waals surface area contributed by atoms with Gasteiger partial charge in [-0.15, -0.1) is 0 Å². The molecule has 0 aliphatic carbocycles. The van der Waals surface area contributed by atoms with Crippen molar-refractivity contribution in [3.63, 3.8) is 0 Å². The Balaban J connectivity index is 2.48. The van der Waals surface area contributed by atoms with E-state index in [1.807, 2.05) is 0 Å². The van der Waals surface area contributed by atoms with Crippen molar-refractivity contribution in [2.45, 2.75) is 13.0 Å². The Morgan fingerprint density at radius 1 is 1.54 bits per heavy atom. The molecule has 0 saturated carbocycles. The highest BCUT2D eigenvalue weighted by molar-refractivity contribution is 6.04. The summed E-state index contributed by atoms with van der Waals surface area (Å²) in [5.41, 5.74) is 6.01. The lowest BCUT2D eigenvalue weighted by Gasteiger charge is -2.23. The molecule has 1 aliphatic heterocycles. The number of aromatic nitrogens is 2. The molecule has 0 aromatic carbocycles. The number of fused-ring (bicyclic) bond motifs is 1. The second kappa shape index (κ2) is 2.58. The normalized spacial score (nSPS) is 20.1. The van der Waals surface area contributed by atoms with Gasteiger partial charge >= 0.3 is 0 Å². The zero-order valence-corrected chi connectivity index (χ0v) is 7.03. The minimum absolute atomic E-state index is 0.131. The van der Waals surface area contributed by atoms with Crippen LogP contribution in [0, 0.1) is 0 Å². The van der Waals surface area contributed by atoms with Crippen molar-refractivity contribution < 1.29 is 4.79 Å². The molecule has 2 rings (SSSR count). The van der Waals surface area contributed by atoms with E-state index in [4.69, 9.17) is 5.73 Å². The quantitative estimate of drug-likeness (QED) is 0.513. The van der Waals surface area contributed by atoms with Gasteiger partial charge in [-0.1, -0.05) is 0 Å². The zero-order chi connectivity index (χ0) is 9.42. The molecule has 6 heteroatoms. The van der Waals surface area contributed by atoms with Crippen LogP contribution in [0.2, 0.25) is 0 Å². The molecule has 0 saturated heterocycles. The summed E-state index contributed by atoms with van der Waals surface area (Å²) in [5, 5.41) is 5.53. The van der Waals surface area contributed by atoms with E-state index in [1.54, 1.807) is 6.92 Å². The minimum Gasteiger partial charge on any atom is -0.382 e. The van der Waals surface area contributed by atoms with Crippen molar-refractivity contribution >= 4 is 23.2 Å². The Morgan fingerprint density at radius 2 is 2.31 bits per heavy atom. The Labute approximate surface area is 74.6 Å². The highest BCUT2D eigenvalue weighted by Gasteiger charge is 2.23. The fourth-order valence-corrected chi connectivity index (χ4v) is 1.13. The molecular formula is C7H9N5O. The smallest absolute Gasteiger partial charge is 0.246 e. The number of carbonyl (C=O) groups is 1. The Bertz CT molecular complexity index is 364. The van der Waals surface area contributed by atoms with Gasteiger partial charge in [0.15, 0.2) is 11.6 Å². The molecule has 1 amide bonds. The van der Waals surface area contributed by atoms with E-state index in [0.717, 1.165) is 0 Å². The molecule has 68 valence electrons. The van der Waals surface area contributed by atoms with Crippen LogP contribution < -0.4 is 16.4 Å². The number of amides is 1. The van der Waals surface area contributed by atoms with E-state index >= 15 is 0 Å². The summed E-state index contributed by atoms with van der Waals surface area (Å²) in [6, 6.07) is -0.290. The third-order valence-corrected chi connectivity index (χ3v) is 1.87. The first-order chi connectivity index (χ1) is 6.18. The van der Waals surface area contributed by atoms with Crippen LogP contribution >= 0.6 is 0 Å². The maximum atomic E-state index is 11.2. The highest BCUT2D eigenvalue weighted by Crippen LogP contribution is 2.27. The van der Waals surface area contributed by atoms with E-state index in [2.05, 4.69) is 20.6 Å². The molecule has 2 heterocycles. The Kier molecular flexibility index (Phi) is 1.54. The summed E-state index contributed by atoms with van der Waals surface area (Å²) >= 11 is 0.